The molecule has 1 aromatic rings. The maximum absolute atomic E-state index is 12.3. The van der Waals surface area contributed by atoms with Crippen LogP contribution >= 0.6 is 0 Å². The van der Waals surface area contributed by atoms with E-state index in [2.05, 4.69) is 0 Å². The van der Waals surface area contributed by atoms with E-state index >= 15 is 0 Å². The Bertz CT molecular complexity index is 948. The minimum Gasteiger partial charge on any atom is -0.480 e. The molecule has 0 heterocycles. The van der Waals surface area contributed by atoms with E-state index in [0.717, 1.165) is 6.42 Å². The molecule has 39 heavy (non-hydrogen) atoms. The molecule has 12 nitrogen and oxygen atoms in total. The standard InChI is InChI=1S/C27H41NO11/c1-7-8-11-34-25(31)37-18(6)12-20(23(28)24(29)30)19-9-10-21(38-26(32)35-14-16(2)3)22(13-19)39-27(33)36-15-17(4)5/h9-10,13,16-18,20,23H,7-8,11-12,14-15,28H2,1-6H3,(H,29,30)/t18?,20?,23-/m0/s1. The van der Waals surface area contributed by atoms with Gasteiger partial charge in [-0.25, -0.2) is 14.4 Å². The second-order valence-electron chi connectivity index (χ2n) is 9.91. The number of benzene rings is 1. The summed E-state index contributed by atoms with van der Waals surface area (Å²) in [6.45, 7) is 11.3. The maximum Gasteiger partial charge on any atom is 0.513 e. The summed E-state index contributed by atoms with van der Waals surface area (Å²) in [7, 11) is 0. The molecule has 2 unspecified atom stereocenters. The van der Waals surface area contributed by atoms with Gasteiger partial charge >= 0.3 is 24.4 Å². The van der Waals surface area contributed by atoms with Gasteiger partial charge in [-0.05, 0) is 49.3 Å². The van der Waals surface area contributed by atoms with E-state index in [1.807, 2.05) is 34.6 Å². The van der Waals surface area contributed by atoms with Gasteiger partial charge in [-0.3, -0.25) is 4.79 Å². The summed E-state index contributed by atoms with van der Waals surface area (Å²) >= 11 is 0. The average molecular weight is 556 g/mol. The van der Waals surface area contributed by atoms with Crippen LogP contribution in [0.4, 0.5) is 14.4 Å². The SMILES string of the molecule is CCCCOC(=O)OC(C)CC(c1ccc(OC(=O)OCC(C)C)c(OC(=O)OCC(C)C)c1)[C@H](N)C(=O)O. The number of carbonyl (C=O) groups excluding carboxylic acids is 3. The summed E-state index contributed by atoms with van der Waals surface area (Å²) in [6.07, 6.45) is -2.19. The summed E-state index contributed by atoms with van der Waals surface area (Å²) in [4.78, 5) is 48.2. The second-order valence-corrected chi connectivity index (χ2v) is 9.91. The summed E-state index contributed by atoms with van der Waals surface area (Å²) in [5.74, 6) is -2.45. The van der Waals surface area contributed by atoms with Crippen molar-refractivity contribution < 1.29 is 52.7 Å². The van der Waals surface area contributed by atoms with Crippen molar-refractivity contribution >= 4 is 24.4 Å². The third-order valence-electron chi connectivity index (χ3n) is 5.17. The number of hydrogen-bond donors (Lipinski definition) is 2. The molecule has 0 saturated carbocycles. The van der Waals surface area contributed by atoms with Gasteiger partial charge in [0.05, 0.1) is 19.8 Å². The molecule has 3 atom stereocenters. The monoisotopic (exact) mass is 555 g/mol. The van der Waals surface area contributed by atoms with Crippen LogP contribution < -0.4 is 15.2 Å². The van der Waals surface area contributed by atoms with Crippen molar-refractivity contribution in [2.24, 2.45) is 17.6 Å². The Morgan fingerprint density at radius 3 is 1.92 bits per heavy atom. The molecular weight excluding hydrogens is 514 g/mol. The van der Waals surface area contributed by atoms with Crippen LogP contribution in [0.3, 0.4) is 0 Å². The summed E-state index contributed by atoms with van der Waals surface area (Å²) in [5, 5.41) is 9.62. The van der Waals surface area contributed by atoms with Gasteiger partial charge in [0.2, 0.25) is 0 Å². The maximum atomic E-state index is 12.3. The van der Waals surface area contributed by atoms with Gasteiger partial charge in [-0.15, -0.1) is 0 Å². The molecule has 12 heteroatoms. The average Bonchev–Trinajstić information content (AvgIpc) is 2.85. The molecule has 3 N–H and O–H groups in total. The lowest BCUT2D eigenvalue weighted by atomic mass is 9.87. The number of nitrogens with two attached hydrogens (primary N) is 1. The number of carbonyl (C=O) groups is 4. The Labute approximate surface area is 229 Å². The number of hydrogen-bond acceptors (Lipinski definition) is 11. The molecule has 0 spiro atoms. The molecule has 220 valence electrons. The molecule has 1 rings (SSSR count). The predicted octanol–water partition coefficient (Wildman–Crippen LogP) is 5.26. The quantitative estimate of drug-likeness (QED) is 0.125. The van der Waals surface area contributed by atoms with Crippen LogP contribution in [-0.2, 0) is 23.7 Å². The van der Waals surface area contributed by atoms with Crippen molar-refractivity contribution in [3.8, 4) is 11.5 Å². The Morgan fingerprint density at radius 1 is 0.846 bits per heavy atom. The Hall–Kier alpha value is -3.54. The Kier molecular flexibility index (Phi) is 14.7. The van der Waals surface area contributed by atoms with Crippen molar-refractivity contribution in [3.63, 3.8) is 0 Å². The van der Waals surface area contributed by atoms with Gasteiger partial charge in [0.15, 0.2) is 11.5 Å². The number of aliphatic carboxylic acids is 1. The highest BCUT2D eigenvalue weighted by Crippen LogP contribution is 2.35. The fourth-order valence-electron chi connectivity index (χ4n) is 3.19. The molecule has 0 bridgehead atoms. The lowest BCUT2D eigenvalue weighted by Crippen LogP contribution is -2.38. The molecule has 0 aliphatic rings. The van der Waals surface area contributed by atoms with Crippen LogP contribution in [-0.4, -0.2) is 61.5 Å². The third-order valence-corrected chi connectivity index (χ3v) is 5.17. The number of rotatable bonds is 15. The highest BCUT2D eigenvalue weighted by molar-refractivity contribution is 5.75. The van der Waals surface area contributed by atoms with E-state index in [0.29, 0.717) is 12.0 Å². The van der Waals surface area contributed by atoms with Gasteiger partial charge in [-0.1, -0.05) is 47.1 Å². The zero-order valence-electron chi connectivity index (χ0n) is 23.5. The van der Waals surface area contributed by atoms with Crippen molar-refractivity contribution in [1.29, 1.82) is 0 Å². The van der Waals surface area contributed by atoms with Crippen molar-refractivity contribution in [3.05, 3.63) is 23.8 Å². The van der Waals surface area contributed by atoms with Crippen LogP contribution in [0.1, 0.15) is 72.3 Å². The van der Waals surface area contributed by atoms with Crippen LogP contribution in [0.5, 0.6) is 11.5 Å². The third kappa shape index (κ3) is 13.2. The smallest absolute Gasteiger partial charge is 0.480 e. The molecule has 0 fully saturated rings. The van der Waals surface area contributed by atoms with E-state index in [4.69, 9.17) is 34.2 Å². The second kappa shape index (κ2) is 17.1. The van der Waals surface area contributed by atoms with Gasteiger partial charge in [-0.2, -0.15) is 0 Å². The number of unbranched alkanes of at least 4 members (excludes halogenated alkanes) is 1. The van der Waals surface area contributed by atoms with Crippen LogP contribution in [0.25, 0.3) is 0 Å². The van der Waals surface area contributed by atoms with E-state index in [-0.39, 0.29) is 49.6 Å². The van der Waals surface area contributed by atoms with Gasteiger partial charge in [0, 0.05) is 5.92 Å². The zero-order valence-corrected chi connectivity index (χ0v) is 23.5. The normalized spacial score (nSPS) is 13.3. The van der Waals surface area contributed by atoms with Crippen molar-refractivity contribution in [2.75, 3.05) is 19.8 Å². The number of carboxylic acids is 1. The topological polar surface area (TPSA) is 170 Å². The fourth-order valence-corrected chi connectivity index (χ4v) is 3.19. The van der Waals surface area contributed by atoms with Gasteiger partial charge in [0.1, 0.15) is 12.1 Å². The first-order valence-corrected chi connectivity index (χ1v) is 13.0. The lowest BCUT2D eigenvalue weighted by molar-refractivity contribution is -0.139. The van der Waals surface area contributed by atoms with Crippen LogP contribution in [0.2, 0.25) is 0 Å². The number of carboxylic acid groups (broad SMARTS) is 1. The molecule has 0 radical (unpaired) electrons. The lowest BCUT2D eigenvalue weighted by Gasteiger charge is -2.25. The molecule has 0 amide bonds. The molecule has 0 aromatic heterocycles. The highest BCUT2D eigenvalue weighted by atomic mass is 16.7. The first-order chi connectivity index (χ1) is 18.3. The Morgan fingerprint density at radius 2 is 1.41 bits per heavy atom. The minimum absolute atomic E-state index is 0.00418. The van der Waals surface area contributed by atoms with Gasteiger partial charge < -0.3 is 39.3 Å². The summed E-state index contributed by atoms with van der Waals surface area (Å²) < 4.78 is 30.8. The molecule has 1 aromatic carbocycles. The van der Waals surface area contributed by atoms with E-state index in [1.165, 1.54) is 18.2 Å². The van der Waals surface area contributed by atoms with E-state index < -0.39 is 42.5 Å². The fraction of sp³-hybridized carbons (Fsp3) is 0.630. The first kappa shape index (κ1) is 33.5. The van der Waals surface area contributed by atoms with Gasteiger partial charge in [0.25, 0.3) is 0 Å². The summed E-state index contributed by atoms with van der Waals surface area (Å²) in [6, 6.07) is 2.71. The van der Waals surface area contributed by atoms with E-state index in [1.54, 1.807) is 6.92 Å². The predicted molar refractivity (Wildman–Crippen MR) is 140 cm³/mol. The number of ether oxygens (including phenoxy) is 6. The van der Waals surface area contributed by atoms with Crippen molar-refractivity contribution in [1.82, 2.24) is 0 Å². The molecule has 0 aliphatic heterocycles. The van der Waals surface area contributed by atoms with Crippen LogP contribution in [0, 0.1) is 11.8 Å². The Balaban J connectivity index is 3.24. The molecular formula is C27H41NO11. The van der Waals surface area contributed by atoms with Crippen molar-refractivity contribution in [2.45, 2.75) is 78.9 Å². The highest BCUT2D eigenvalue weighted by Gasteiger charge is 2.30. The molecule has 0 saturated heterocycles. The minimum atomic E-state index is -1.41. The first-order valence-electron chi connectivity index (χ1n) is 13.0. The van der Waals surface area contributed by atoms with Crippen LogP contribution in [0.15, 0.2) is 18.2 Å². The zero-order chi connectivity index (χ0) is 29.5. The molecule has 0 aliphatic carbocycles. The van der Waals surface area contributed by atoms with E-state index in [9.17, 15) is 24.3 Å². The summed E-state index contributed by atoms with van der Waals surface area (Å²) in [5.41, 5.74) is 6.31. The largest absolute Gasteiger partial charge is 0.513 e.